The fourth-order valence-electron chi connectivity index (χ4n) is 3.51. The van der Waals surface area contributed by atoms with Crippen LogP contribution in [-0.4, -0.2) is 33.6 Å². The van der Waals surface area contributed by atoms with Crippen molar-refractivity contribution in [2.24, 2.45) is 0 Å². The summed E-state index contributed by atoms with van der Waals surface area (Å²) in [6.07, 6.45) is -4.14. The van der Waals surface area contributed by atoms with Crippen molar-refractivity contribution in [3.8, 4) is 0 Å². The summed E-state index contributed by atoms with van der Waals surface area (Å²) in [5.41, 5.74) is -0.0783. The van der Waals surface area contributed by atoms with E-state index < -0.39 is 40.5 Å². The van der Waals surface area contributed by atoms with Crippen molar-refractivity contribution in [3.63, 3.8) is 0 Å². The third-order valence-corrected chi connectivity index (χ3v) is 5.41. The molecule has 1 aliphatic heterocycles. The molecule has 3 amide bonds. The maximum atomic E-state index is 13.2. The number of halogens is 4. The number of hydrogen-bond donors (Lipinski definition) is 1. The summed E-state index contributed by atoms with van der Waals surface area (Å²) in [5.74, 6) is -2.41. The van der Waals surface area contributed by atoms with Gasteiger partial charge in [-0.2, -0.15) is 13.2 Å². The van der Waals surface area contributed by atoms with Crippen molar-refractivity contribution in [3.05, 3.63) is 94.1 Å². The topological polar surface area (TPSA) is 79.4 Å². The molecule has 1 atom stereocenters. The van der Waals surface area contributed by atoms with Crippen molar-refractivity contribution < 1.29 is 27.6 Å². The number of amides is 3. The lowest BCUT2D eigenvalue weighted by molar-refractivity contribution is -0.137. The number of pyridine rings is 1. The number of imide groups is 1. The molecule has 0 aliphatic carbocycles. The molecule has 0 saturated carbocycles. The maximum absolute atomic E-state index is 13.2. The van der Waals surface area contributed by atoms with Gasteiger partial charge in [-0.15, -0.1) is 0 Å². The number of alkyl halides is 3. The third-order valence-electron chi connectivity index (χ3n) is 5.12. The Balaban J connectivity index is 1.67. The van der Waals surface area contributed by atoms with Gasteiger partial charge in [0.1, 0.15) is 6.04 Å². The second kappa shape index (κ2) is 8.67. The first kappa shape index (κ1) is 22.5. The smallest absolute Gasteiger partial charge is 0.308 e. The minimum Gasteiger partial charge on any atom is -0.308 e. The van der Waals surface area contributed by atoms with Crippen LogP contribution in [0, 0.1) is 0 Å². The van der Waals surface area contributed by atoms with Gasteiger partial charge in [-0.3, -0.25) is 19.3 Å². The Bertz CT molecular complexity index is 1210. The highest BCUT2D eigenvalue weighted by molar-refractivity contribution is 6.33. The Morgan fingerprint density at radius 1 is 1.00 bits per heavy atom. The molecule has 0 bridgehead atoms. The fourth-order valence-corrected chi connectivity index (χ4v) is 3.73. The van der Waals surface area contributed by atoms with E-state index in [1.165, 1.54) is 12.1 Å². The van der Waals surface area contributed by atoms with Crippen molar-refractivity contribution in [2.45, 2.75) is 18.6 Å². The fraction of sp³-hybridized carbons (Fsp3) is 0.130. The van der Waals surface area contributed by atoms with Crippen molar-refractivity contribution in [1.82, 2.24) is 9.88 Å². The van der Waals surface area contributed by atoms with E-state index >= 15 is 0 Å². The quantitative estimate of drug-likeness (QED) is 0.549. The number of anilines is 1. The second-order valence-corrected chi connectivity index (χ2v) is 7.68. The Morgan fingerprint density at radius 3 is 2.12 bits per heavy atom. The van der Waals surface area contributed by atoms with Crippen molar-refractivity contribution >= 4 is 35.1 Å². The molecule has 0 saturated heterocycles. The summed E-state index contributed by atoms with van der Waals surface area (Å²) >= 11 is 5.91. The normalized spacial score (nSPS) is 14.2. The molecule has 0 radical (unpaired) electrons. The van der Waals surface area contributed by atoms with Crippen LogP contribution in [0.25, 0.3) is 0 Å². The summed E-state index contributed by atoms with van der Waals surface area (Å²) < 4.78 is 38.7. The molecule has 0 spiro atoms. The molecule has 3 aromatic rings. The lowest BCUT2D eigenvalue weighted by atomic mass is 10.0. The Hall–Kier alpha value is -3.72. The van der Waals surface area contributed by atoms with Crippen LogP contribution in [0.15, 0.2) is 66.9 Å². The van der Waals surface area contributed by atoms with Gasteiger partial charge >= 0.3 is 6.18 Å². The number of aromatic nitrogens is 1. The van der Waals surface area contributed by atoms with E-state index in [9.17, 15) is 27.6 Å². The number of nitrogens with zero attached hydrogens (tertiary/aromatic N) is 2. The summed E-state index contributed by atoms with van der Waals surface area (Å²) in [5, 5.41) is 1.93. The average molecular weight is 474 g/mol. The molecule has 1 aliphatic rings. The van der Waals surface area contributed by atoms with Gasteiger partial charge in [-0.05, 0) is 23.8 Å². The maximum Gasteiger partial charge on any atom is 0.417 e. The summed E-state index contributed by atoms with van der Waals surface area (Å²) in [6, 6.07) is 14.2. The molecule has 4 rings (SSSR count). The van der Waals surface area contributed by atoms with E-state index in [0.717, 1.165) is 4.90 Å². The highest BCUT2D eigenvalue weighted by Gasteiger charge is 2.43. The first-order valence-electron chi connectivity index (χ1n) is 9.71. The zero-order chi connectivity index (χ0) is 23.8. The van der Waals surface area contributed by atoms with Crippen LogP contribution in [0.1, 0.15) is 31.8 Å². The second-order valence-electron chi connectivity index (χ2n) is 7.27. The molecule has 0 fully saturated rings. The Labute approximate surface area is 191 Å². The van der Waals surface area contributed by atoms with Gasteiger partial charge in [0.2, 0.25) is 5.91 Å². The summed E-state index contributed by atoms with van der Waals surface area (Å²) in [4.78, 5) is 43.6. The minimum atomic E-state index is -4.66. The number of carbonyl (C=O) groups is 3. The SMILES string of the molecule is O=C(Nc1ncc(C(F)(F)F)cc1Cl)[C@@H](Cc1ccccc1)N1C(=O)c2ccccc2C1=O. The van der Waals surface area contributed by atoms with E-state index in [2.05, 4.69) is 10.3 Å². The van der Waals surface area contributed by atoms with E-state index in [1.807, 2.05) is 0 Å². The van der Waals surface area contributed by atoms with Crippen molar-refractivity contribution in [2.75, 3.05) is 5.32 Å². The lowest BCUT2D eigenvalue weighted by Gasteiger charge is -2.25. The van der Waals surface area contributed by atoms with Crippen LogP contribution in [0.4, 0.5) is 19.0 Å². The zero-order valence-electron chi connectivity index (χ0n) is 16.8. The molecule has 6 nitrogen and oxygen atoms in total. The van der Waals surface area contributed by atoms with Crippen LogP contribution in [-0.2, 0) is 17.4 Å². The van der Waals surface area contributed by atoms with Crippen LogP contribution in [0.2, 0.25) is 5.02 Å². The summed E-state index contributed by atoms with van der Waals surface area (Å²) in [6.45, 7) is 0. The van der Waals surface area contributed by atoms with Gasteiger partial charge in [-0.25, -0.2) is 4.98 Å². The van der Waals surface area contributed by atoms with E-state index in [1.54, 1.807) is 42.5 Å². The van der Waals surface area contributed by atoms with Gasteiger partial charge in [0.25, 0.3) is 11.8 Å². The Morgan fingerprint density at radius 2 is 1.58 bits per heavy atom. The number of rotatable bonds is 5. The van der Waals surface area contributed by atoms with Crippen LogP contribution in [0.5, 0.6) is 0 Å². The van der Waals surface area contributed by atoms with Crippen LogP contribution >= 0.6 is 11.6 Å². The highest BCUT2D eigenvalue weighted by atomic mass is 35.5. The number of hydrogen-bond acceptors (Lipinski definition) is 4. The van der Waals surface area contributed by atoms with Crippen molar-refractivity contribution in [1.29, 1.82) is 0 Å². The molecule has 1 aromatic heterocycles. The molecular formula is C23H15ClF3N3O3. The van der Waals surface area contributed by atoms with Gasteiger partial charge < -0.3 is 5.32 Å². The average Bonchev–Trinajstić information content (AvgIpc) is 3.04. The number of benzene rings is 2. The van der Waals surface area contributed by atoms with Crippen LogP contribution < -0.4 is 5.32 Å². The lowest BCUT2D eigenvalue weighted by Crippen LogP contribution is -2.48. The first-order valence-corrected chi connectivity index (χ1v) is 10.1. The molecule has 10 heteroatoms. The Kier molecular flexibility index (Phi) is 5.90. The molecule has 2 heterocycles. The first-order chi connectivity index (χ1) is 15.7. The number of fused-ring (bicyclic) bond motifs is 1. The molecule has 0 unspecified atom stereocenters. The highest BCUT2D eigenvalue weighted by Crippen LogP contribution is 2.33. The molecule has 2 aromatic carbocycles. The standard InChI is InChI=1S/C23H15ClF3N3O3/c24-17-11-14(23(25,26)27)12-28-19(17)29-20(31)18(10-13-6-2-1-3-7-13)30-21(32)15-8-4-5-9-16(15)22(30)33/h1-9,11-12,18H,10H2,(H,28,29,31)/t18-/m1/s1. The molecule has 33 heavy (non-hydrogen) atoms. The predicted octanol–water partition coefficient (Wildman–Crippen LogP) is 4.60. The van der Waals surface area contributed by atoms with E-state index in [0.29, 0.717) is 17.8 Å². The minimum absolute atomic E-state index is 0.0175. The predicted molar refractivity (Wildman–Crippen MR) is 114 cm³/mol. The van der Waals surface area contributed by atoms with Gasteiger partial charge in [-0.1, -0.05) is 54.1 Å². The molecule has 168 valence electrons. The monoisotopic (exact) mass is 473 g/mol. The largest absolute Gasteiger partial charge is 0.417 e. The third kappa shape index (κ3) is 4.45. The number of nitrogens with one attached hydrogen (secondary N) is 1. The number of carbonyl (C=O) groups excluding carboxylic acids is 3. The van der Waals surface area contributed by atoms with Gasteiger partial charge in [0.15, 0.2) is 5.82 Å². The van der Waals surface area contributed by atoms with Gasteiger partial charge in [0, 0.05) is 12.6 Å². The van der Waals surface area contributed by atoms with Gasteiger partial charge in [0.05, 0.1) is 21.7 Å². The molecule has 1 N–H and O–H groups in total. The molecular weight excluding hydrogens is 459 g/mol. The summed E-state index contributed by atoms with van der Waals surface area (Å²) in [7, 11) is 0. The van der Waals surface area contributed by atoms with E-state index in [-0.39, 0.29) is 23.4 Å². The van der Waals surface area contributed by atoms with E-state index in [4.69, 9.17) is 11.6 Å². The zero-order valence-corrected chi connectivity index (χ0v) is 17.5. The van der Waals surface area contributed by atoms with Crippen LogP contribution in [0.3, 0.4) is 0 Å².